The number of ether oxygens (including phenoxy) is 3. The molecule has 0 spiro atoms. The van der Waals surface area contributed by atoms with Crippen LogP contribution in [0, 0.1) is 5.41 Å². The van der Waals surface area contributed by atoms with Gasteiger partial charge < -0.3 is 24.8 Å². The molecule has 7 heteroatoms. The van der Waals surface area contributed by atoms with Gasteiger partial charge in [0.1, 0.15) is 25.6 Å². The minimum atomic E-state index is -0.686. The van der Waals surface area contributed by atoms with Crippen LogP contribution in [0.4, 0.5) is 15.3 Å². The van der Waals surface area contributed by atoms with Crippen molar-refractivity contribution < 1.29 is 23.8 Å². The number of carbonyl (C=O) groups is 2. The molecule has 1 aliphatic heterocycles. The van der Waals surface area contributed by atoms with Crippen LogP contribution in [0.5, 0.6) is 0 Å². The molecule has 0 aliphatic carbocycles. The highest BCUT2D eigenvalue weighted by molar-refractivity contribution is 5.89. The van der Waals surface area contributed by atoms with E-state index in [1.165, 1.54) is 0 Å². The third kappa shape index (κ3) is 4.91. The van der Waals surface area contributed by atoms with Gasteiger partial charge in [-0.05, 0) is 19.1 Å². The van der Waals surface area contributed by atoms with E-state index in [1.807, 2.05) is 25.1 Å². The maximum atomic E-state index is 11.7. The van der Waals surface area contributed by atoms with Gasteiger partial charge in [0, 0.05) is 5.69 Å². The highest BCUT2D eigenvalue weighted by Gasteiger charge is 2.37. The van der Waals surface area contributed by atoms with E-state index >= 15 is 0 Å². The molecule has 0 unspecified atom stereocenters. The number of anilines is 1. The highest BCUT2D eigenvalue weighted by Crippen LogP contribution is 2.30. The minimum Gasteiger partial charge on any atom is -0.496 e. The molecular formula is C16H20N2O5. The molecule has 7 nitrogen and oxygen atoms in total. The number of para-hydroxylation sites is 1. The standard InChI is InChI=1S/C16H20N2O5/c1-12(16(2)10-22-15(20)23-11-16)21-9-8-17-14(19)18-13-6-4-3-5-7-13/h3-7H,1,8-11H2,2H3,(H2,17,18,19). The van der Waals surface area contributed by atoms with Crippen LogP contribution in [0.2, 0.25) is 0 Å². The summed E-state index contributed by atoms with van der Waals surface area (Å²) < 4.78 is 15.2. The Hall–Kier alpha value is -2.70. The van der Waals surface area contributed by atoms with Crippen molar-refractivity contribution in [2.45, 2.75) is 6.92 Å². The van der Waals surface area contributed by atoms with E-state index in [9.17, 15) is 9.59 Å². The molecule has 0 atom stereocenters. The molecule has 23 heavy (non-hydrogen) atoms. The first-order chi connectivity index (χ1) is 11.0. The van der Waals surface area contributed by atoms with E-state index in [0.29, 0.717) is 18.0 Å². The maximum absolute atomic E-state index is 11.7. The van der Waals surface area contributed by atoms with E-state index in [2.05, 4.69) is 17.2 Å². The summed E-state index contributed by atoms with van der Waals surface area (Å²) in [5.74, 6) is 0.454. The summed E-state index contributed by atoms with van der Waals surface area (Å²) in [6, 6.07) is 8.82. The van der Waals surface area contributed by atoms with Gasteiger partial charge >= 0.3 is 12.2 Å². The Kier molecular flexibility index (Phi) is 5.46. The van der Waals surface area contributed by atoms with Crippen molar-refractivity contribution in [2.75, 3.05) is 31.7 Å². The Bertz CT molecular complexity index is 563. The van der Waals surface area contributed by atoms with Crippen LogP contribution in [-0.4, -0.2) is 38.6 Å². The summed E-state index contributed by atoms with van der Waals surface area (Å²) in [5.41, 5.74) is 0.129. The van der Waals surface area contributed by atoms with Gasteiger partial charge in [0.05, 0.1) is 12.0 Å². The van der Waals surface area contributed by atoms with Crippen molar-refractivity contribution in [3.05, 3.63) is 42.7 Å². The predicted octanol–water partition coefficient (Wildman–Crippen LogP) is 2.51. The normalized spacial score (nSPS) is 15.8. The molecule has 1 heterocycles. The first-order valence-corrected chi connectivity index (χ1v) is 7.21. The molecular weight excluding hydrogens is 300 g/mol. The zero-order valence-electron chi connectivity index (χ0n) is 13.0. The van der Waals surface area contributed by atoms with Crippen molar-refractivity contribution in [2.24, 2.45) is 5.41 Å². The molecule has 1 aromatic rings. The Morgan fingerprint density at radius 3 is 2.61 bits per heavy atom. The second kappa shape index (κ2) is 7.53. The largest absolute Gasteiger partial charge is 0.508 e. The summed E-state index contributed by atoms with van der Waals surface area (Å²) in [4.78, 5) is 22.6. The smallest absolute Gasteiger partial charge is 0.496 e. The molecule has 2 amide bonds. The Morgan fingerprint density at radius 2 is 1.96 bits per heavy atom. The lowest BCUT2D eigenvalue weighted by atomic mass is 9.90. The fraction of sp³-hybridized carbons (Fsp3) is 0.375. The summed E-state index contributed by atoms with van der Waals surface area (Å²) in [7, 11) is 0. The van der Waals surface area contributed by atoms with E-state index in [-0.39, 0.29) is 25.9 Å². The predicted molar refractivity (Wildman–Crippen MR) is 84.0 cm³/mol. The van der Waals surface area contributed by atoms with E-state index in [0.717, 1.165) is 0 Å². The number of nitrogens with one attached hydrogen (secondary N) is 2. The number of hydrogen-bond donors (Lipinski definition) is 2. The van der Waals surface area contributed by atoms with Crippen LogP contribution >= 0.6 is 0 Å². The zero-order valence-corrected chi connectivity index (χ0v) is 13.0. The quantitative estimate of drug-likeness (QED) is 0.478. The van der Waals surface area contributed by atoms with Gasteiger partial charge in [-0.3, -0.25) is 0 Å². The van der Waals surface area contributed by atoms with E-state index in [1.54, 1.807) is 12.1 Å². The first kappa shape index (κ1) is 16.7. The second-order valence-corrected chi connectivity index (χ2v) is 5.41. The number of hydrogen-bond acceptors (Lipinski definition) is 5. The van der Waals surface area contributed by atoms with Gasteiger partial charge in [0.2, 0.25) is 0 Å². The molecule has 1 fully saturated rings. The lowest BCUT2D eigenvalue weighted by Crippen LogP contribution is -2.39. The Labute approximate surface area is 134 Å². The molecule has 0 aromatic heterocycles. The van der Waals surface area contributed by atoms with Crippen LogP contribution < -0.4 is 10.6 Å². The summed E-state index contributed by atoms with van der Waals surface area (Å²) in [5, 5.41) is 5.38. The second-order valence-electron chi connectivity index (χ2n) is 5.41. The average Bonchev–Trinajstić information content (AvgIpc) is 2.55. The fourth-order valence-electron chi connectivity index (χ4n) is 1.89. The summed E-state index contributed by atoms with van der Waals surface area (Å²) in [6.45, 7) is 6.56. The summed E-state index contributed by atoms with van der Waals surface area (Å²) in [6.07, 6.45) is -0.686. The van der Waals surface area contributed by atoms with Crippen molar-refractivity contribution >= 4 is 17.9 Å². The number of benzene rings is 1. The van der Waals surface area contributed by atoms with Crippen molar-refractivity contribution in [3.8, 4) is 0 Å². The molecule has 124 valence electrons. The van der Waals surface area contributed by atoms with Crippen LogP contribution in [0.15, 0.2) is 42.7 Å². The number of carbonyl (C=O) groups excluding carboxylic acids is 2. The lowest BCUT2D eigenvalue weighted by molar-refractivity contribution is -0.0569. The van der Waals surface area contributed by atoms with Crippen molar-refractivity contribution in [1.82, 2.24) is 5.32 Å². The molecule has 2 rings (SSSR count). The van der Waals surface area contributed by atoms with Crippen LogP contribution in [0.1, 0.15) is 6.92 Å². The first-order valence-electron chi connectivity index (χ1n) is 7.21. The van der Waals surface area contributed by atoms with Crippen LogP contribution in [0.25, 0.3) is 0 Å². The van der Waals surface area contributed by atoms with Gasteiger partial charge in [0.25, 0.3) is 0 Å². The minimum absolute atomic E-state index is 0.159. The Balaban J connectivity index is 1.66. The SMILES string of the molecule is C=C(OCCNC(=O)Nc1ccccc1)C1(C)COC(=O)OC1. The highest BCUT2D eigenvalue weighted by atomic mass is 16.7. The van der Waals surface area contributed by atoms with Gasteiger partial charge in [-0.2, -0.15) is 0 Å². The number of amides is 2. The third-order valence-corrected chi connectivity index (χ3v) is 3.39. The number of cyclic esters (lactones) is 2. The molecule has 2 N–H and O–H groups in total. The van der Waals surface area contributed by atoms with E-state index < -0.39 is 11.6 Å². The Morgan fingerprint density at radius 1 is 1.30 bits per heavy atom. The van der Waals surface area contributed by atoms with Crippen LogP contribution in [0.3, 0.4) is 0 Å². The van der Waals surface area contributed by atoms with Crippen molar-refractivity contribution in [1.29, 1.82) is 0 Å². The topological polar surface area (TPSA) is 85.9 Å². The number of rotatable bonds is 6. The molecule has 0 saturated carbocycles. The number of urea groups is 1. The zero-order chi connectivity index (χ0) is 16.7. The molecule has 1 aliphatic rings. The average molecular weight is 320 g/mol. The maximum Gasteiger partial charge on any atom is 0.508 e. The van der Waals surface area contributed by atoms with Gasteiger partial charge in [-0.15, -0.1) is 0 Å². The van der Waals surface area contributed by atoms with Gasteiger partial charge in [0.15, 0.2) is 0 Å². The van der Waals surface area contributed by atoms with Crippen molar-refractivity contribution in [3.63, 3.8) is 0 Å². The molecule has 0 radical (unpaired) electrons. The third-order valence-electron chi connectivity index (χ3n) is 3.39. The fourth-order valence-corrected chi connectivity index (χ4v) is 1.89. The monoisotopic (exact) mass is 320 g/mol. The molecule has 1 aromatic carbocycles. The molecule has 1 saturated heterocycles. The van der Waals surface area contributed by atoms with E-state index in [4.69, 9.17) is 14.2 Å². The van der Waals surface area contributed by atoms with Gasteiger partial charge in [-0.25, -0.2) is 9.59 Å². The lowest BCUT2D eigenvalue weighted by Gasteiger charge is -2.33. The summed E-state index contributed by atoms with van der Waals surface area (Å²) >= 11 is 0. The molecule has 0 bridgehead atoms. The van der Waals surface area contributed by atoms with Crippen LogP contribution in [-0.2, 0) is 14.2 Å². The van der Waals surface area contributed by atoms with Gasteiger partial charge in [-0.1, -0.05) is 24.8 Å².